The third kappa shape index (κ3) is 4.17. The quantitative estimate of drug-likeness (QED) is 0.659. The molecule has 0 radical (unpaired) electrons. The normalized spacial score (nSPS) is 23.4. The van der Waals surface area contributed by atoms with E-state index in [2.05, 4.69) is 5.32 Å². The van der Waals surface area contributed by atoms with Crippen molar-refractivity contribution in [1.82, 2.24) is 0 Å². The van der Waals surface area contributed by atoms with Crippen LogP contribution in [0.2, 0.25) is 5.02 Å². The van der Waals surface area contributed by atoms with E-state index in [1.165, 1.54) is 11.0 Å². The number of hydrogen-bond acceptors (Lipinski definition) is 5. The second kappa shape index (κ2) is 8.22. The van der Waals surface area contributed by atoms with Crippen LogP contribution >= 0.6 is 11.6 Å². The van der Waals surface area contributed by atoms with Crippen LogP contribution < -0.4 is 15.0 Å². The van der Waals surface area contributed by atoms with Crippen molar-refractivity contribution in [1.29, 1.82) is 0 Å². The molecule has 1 fully saturated rings. The van der Waals surface area contributed by atoms with Crippen LogP contribution in [0.3, 0.4) is 0 Å². The summed E-state index contributed by atoms with van der Waals surface area (Å²) < 4.78 is 48.1. The molecule has 0 spiro atoms. The molecule has 2 aliphatic rings. The summed E-state index contributed by atoms with van der Waals surface area (Å²) in [6.07, 6.45) is -0.951. The number of aliphatic hydroxyl groups is 2. The highest BCUT2D eigenvalue weighted by Crippen LogP contribution is 2.36. The number of piperidine rings is 1. The van der Waals surface area contributed by atoms with E-state index in [1.807, 2.05) is 0 Å². The molecule has 0 aliphatic carbocycles. The number of rotatable bonds is 4. The van der Waals surface area contributed by atoms with Gasteiger partial charge >= 0.3 is 0 Å². The van der Waals surface area contributed by atoms with Gasteiger partial charge in [-0.1, -0.05) is 11.6 Å². The van der Waals surface area contributed by atoms with Gasteiger partial charge < -0.3 is 25.2 Å². The summed E-state index contributed by atoms with van der Waals surface area (Å²) in [4.78, 5) is 12.8. The highest BCUT2D eigenvalue weighted by molar-refractivity contribution is 6.30. The molecule has 1 saturated heterocycles. The lowest BCUT2D eigenvalue weighted by Gasteiger charge is -2.42. The van der Waals surface area contributed by atoms with Crippen molar-refractivity contribution in [2.75, 3.05) is 29.9 Å². The number of benzene rings is 2. The van der Waals surface area contributed by atoms with E-state index in [1.54, 1.807) is 0 Å². The molecule has 2 aromatic carbocycles. The van der Waals surface area contributed by atoms with Gasteiger partial charge in [0.2, 0.25) is 5.91 Å². The Morgan fingerprint density at radius 3 is 2.58 bits per heavy atom. The molecule has 1 amide bonds. The largest absolute Gasteiger partial charge is 0.490 e. The zero-order valence-corrected chi connectivity index (χ0v) is 17.1. The fraction of sp³-hybridized carbons (Fsp3) is 0.381. The fourth-order valence-electron chi connectivity index (χ4n) is 3.94. The lowest BCUT2D eigenvalue weighted by atomic mass is 9.89. The lowest BCUT2D eigenvalue weighted by molar-refractivity contribution is -0.116. The van der Waals surface area contributed by atoms with Gasteiger partial charge in [0, 0.05) is 30.1 Å². The van der Waals surface area contributed by atoms with Crippen molar-refractivity contribution in [3.8, 4) is 5.75 Å². The van der Waals surface area contributed by atoms with Crippen molar-refractivity contribution in [3.05, 3.63) is 52.3 Å². The molecule has 3 N–H and O–H groups in total. The molecular formula is C21H20ClF3N2O4. The average molecular weight is 457 g/mol. The van der Waals surface area contributed by atoms with Crippen LogP contribution in [0.4, 0.5) is 24.5 Å². The summed E-state index contributed by atoms with van der Waals surface area (Å²) in [6, 6.07) is 4.50. The molecule has 6 nitrogen and oxygen atoms in total. The molecule has 166 valence electrons. The van der Waals surface area contributed by atoms with E-state index in [4.69, 9.17) is 16.3 Å². The maximum absolute atomic E-state index is 14.2. The molecule has 2 aromatic rings. The Labute approximate surface area is 181 Å². The zero-order valence-electron chi connectivity index (χ0n) is 16.3. The first-order chi connectivity index (χ1) is 14.7. The third-order valence-electron chi connectivity index (χ3n) is 5.69. The van der Waals surface area contributed by atoms with E-state index in [0.717, 1.165) is 18.2 Å². The van der Waals surface area contributed by atoms with Gasteiger partial charge in [0.15, 0.2) is 11.6 Å². The number of anilines is 2. The molecule has 2 atom stereocenters. The van der Waals surface area contributed by atoms with Crippen molar-refractivity contribution in [3.63, 3.8) is 0 Å². The molecule has 0 bridgehead atoms. The Hall–Kier alpha value is -2.49. The molecule has 31 heavy (non-hydrogen) atoms. The molecule has 10 heteroatoms. The van der Waals surface area contributed by atoms with Gasteiger partial charge in [0.05, 0.1) is 5.69 Å². The van der Waals surface area contributed by atoms with E-state index < -0.39 is 29.2 Å². The number of aliphatic hydroxyl groups excluding tert-OH is 1. The minimum absolute atomic E-state index is 0.0320. The number of amides is 1. The van der Waals surface area contributed by atoms with Crippen molar-refractivity contribution in [2.45, 2.75) is 31.0 Å². The Bertz CT molecular complexity index is 1010. The zero-order chi connectivity index (χ0) is 22.3. The second-order valence-electron chi connectivity index (χ2n) is 7.77. The van der Waals surface area contributed by atoms with Crippen molar-refractivity contribution in [2.24, 2.45) is 0 Å². The Morgan fingerprint density at radius 2 is 1.90 bits per heavy atom. The fourth-order valence-corrected chi connectivity index (χ4v) is 4.13. The number of ether oxygens (including phenoxy) is 1. The lowest BCUT2D eigenvalue weighted by Crippen LogP contribution is -2.58. The summed E-state index contributed by atoms with van der Waals surface area (Å²) in [5.74, 6) is -2.33. The first kappa shape index (κ1) is 21.7. The minimum Gasteiger partial charge on any atom is -0.490 e. The smallest absolute Gasteiger partial charge is 0.224 e. The van der Waals surface area contributed by atoms with E-state index in [-0.39, 0.29) is 67.0 Å². The number of fused-ring (bicyclic) bond motifs is 1. The van der Waals surface area contributed by atoms with E-state index >= 15 is 0 Å². The van der Waals surface area contributed by atoms with Crippen LogP contribution in [0.25, 0.3) is 0 Å². The van der Waals surface area contributed by atoms with Crippen molar-refractivity contribution < 1.29 is 32.9 Å². The van der Waals surface area contributed by atoms with Crippen LogP contribution in [-0.4, -0.2) is 47.5 Å². The highest BCUT2D eigenvalue weighted by atomic mass is 35.5. The summed E-state index contributed by atoms with van der Waals surface area (Å²) in [6.45, 7) is -0.490. The number of nitrogens with one attached hydrogen (secondary N) is 1. The molecule has 4 rings (SSSR count). The van der Waals surface area contributed by atoms with E-state index in [0.29, 0.717) is 5.56 Å². The predicted octanol–water partition coefficient (Wildman–Crippen LogP) is 3.02. The Kier molecular flexibility index (Phi) is 5.76. The van der Waals surface area contributed by atoms with Gasteiger partial charge in [-0.2, -0.15) is 0 Å². The monoisotopic (exact) mass is 456 g/mol. The SMILES string of the molecule is O=C1CCc2c(OC[C@]3(O)CCN(c4c(F)cc(Cl)cc4F)C[C@H]3O)ccc(F)c2N1. The number of carbonyl (C=O) groups excluding carboxylic acids is 1. The minimum atomic E-state index is -1.69. The second-order valence-corrected chi connectivity index (χ2v) is 8.21. The van der Waals surface area contributed by atoms with Gasteiger partial charge in [-0.05, 0) is 37.1 Å². The van der Waals surface area contributed by atoms with Gasteiger partial charge in [-0.15, -0.1) is 0 Å². The first-order valence-electron chi connectivity index (χ1n) is 9.72. The van der Waals surface area contributed by atoms with Gasteiger partial charge in [0.25, 0.3) is 0 Å². The molecule has 2 aliphatic heterocycles. The number of nitrogens with zero attached hydrogens (tertiary/aromatic N) is 1. The average Bonchev–Trinajstić information content (AvgIpc) is 2.70. The van der Waals surface area contributed by atoms with Crippen LogP contribution in [0.15, 0.2) is 24.3 Å². The molecular weight excluding hydrogens is 437 g/mol. The summed E-state index contributed by atoms with van der Waals surface area (Å²) in [5, 5.41) is 23.8. The number of halogens is 4. The summed E-state index contributed by atoms with van der Waals surface area (Å²) in [5.41, 5.74) is -1.49. The molecule has 2 heterocycles. The maximum Gasteiger partial charge on any atom is 0.224 e. The molecule has 0 aromatic heterocycles. The first-order valence-corrected chi connectivity index (χ1v) is 10.1. The standard InChI is InChI=1S/C21H20ClF3N2O4/c22-11-7-14(24)20(15(25)8-11)27-6-5-21(30,17(28)9-27)10-31-16-3-2-13(23)19-12(16)1-4-18(29)26-19/h2-3,7-8,17,28,30H,1,4-6,9-10H2,(H,26,29)/t17-,21-/m1/s1. The Morgan fingerprint density at radius 1 is 1.19 bits per heavy atom. The summed E-state index contributed by atoms with van der Waals surface area (Å²) >= 11 is 5.65. The Balaban J connectivity index is 1.48. The van der Waals surface area contributed by atoms with Gasteiger partial charge in [0.1, 0.15) is 35.6 Å². The van der Waals surface area contributed by atoms with Gasteiger partial charge in [-0.3, -0.25) is 4.79 Å². The van der Waals surface area contributed by atoms with Crippen molar-refractivity contribution >= 4 is 28.9 Å². The van der Waals surface area contributed by atoms with Crippen LogP contribution in [-0.2, 0) is 11.2 Å². The highest BCUT2D eigenvalue weighted by Gasteiger charge is 2.43. The number of hydrogen-bond donors (Lipinski definition) is 3. The predicted molar refractivity (Wildman–Crippen MR) is 108 cm³/mol. The number of β-amino-alcohol motifs (C(OH)–C–C–N with tert-alkyl or cyclic N) is 1. The number of carbonyl (C=O) groups is 1. The van der Waals surface area contributed by atoms with Gasteiger partial charge in [-0.25, -0.2) is 13.2 Å². The topological polar surface area (TPSA) is 82.0 Å². The van der Waals surface area contributed by atoms with E-state index in [9.17, 15) is 28.2 Å². The molecule has 0 unspecified atom stereocenters. The van der Waals surface area contributed by atoms with Crippen LogP contribution in [0.1, 0.15) is 18.4 Å². The van der Waals surface area contributed by atoms with Crippen LogP contribution in [0, 0.1) is 17.5 Å². The molecule has 0 saturated carbocycles. The third-order valence-corrected chi connectivity index (χ3v) is 5.91. The van der Waals surface area contributed by atoms with Crippen LogP contribution in [0.5, 0.6) is 5.75 Å². The summed E-state index contributed by atoms with van der Waals surface area (Å²) in [7, 11) is 0. The maximum atomic E-state index is 14.2.